The van der Waals surface area contributed by atoms with Crippen molar-refractivity contribution in [3.05, 3.63) is 22.8 Å². The van der Waals surface area contributed by atoms with Crippen LogP contribution in [0.2, 0.25) is 5.15 Å². The van der Waals surface area contributed by atoms with Crippen molar-refractivity contribution in [2.24, 2.45) is 11.8 Å². The topological polar surface area (TPSA) is 71.2 Å². The highest BCUT2D eigenvalue weighted by atomic mass is 35.5. The zero-order chi connectivity index (χ0) is 15.4. The average Bonchev–Trinajstić information content (AvgIpc) is 2.97. The van der Waals surface area contributed by atoms with Gasteiger partial charge in [0.05, 0.1) is 0 Å². The molecule has 0 aromatic carbocycles. The molecule has 2 rings (SSSR count). The number of pyridine rings is 1. The predicted octanol–water partition coefficient (Wildman–Crippen LogP) is 3.06. The molecule has 0 bridgehead atoms. The molecule has 0 saturated heterocycles. The summed E-state index contributed by atoms with van der Waals surface area (Å²) in [5.41, 5.74) is 2.98. The summed E-state index contributed by atoms with van der Waals surface area (Å²) in [6.45, 7) is 5.01. The Morgan fingerprint density at radius 1 is 1.48 bits per heavy atom. The Bertz CT molecular complexity index is 500. The number of hydrazine groups is 1. The lowest BCUT2D eigenvalue weighted by Crippen LogP contribution is -2.41. The Hall–Kier alpha value is -1.33. The second kappa shape index (κ2) is 7.09. The predicted molar refractivity (Wildman–Crippen MR) is 85.2 cm³/mol. The van der Waals surface area contributed by atoms with Crippen LogP contribution in [0, 0.1) is 5.92 Å². The van der Waals surface area contributed by atoms with Crippen LogP contribution in [0.4, 0.5) is 5.82 Å². The van der Waals surface area contributed by atoms with Gasteiger partial charge >= 0.3 is 0 Å². The first-order valence-corrected chi connectivity index (χ1v) is 7.84. The second-order valence-corrected chi connectivity index (χ2v) is 6.39. The number of aromatic nitrogens is 1. The van der Waals surface area contributed by atoms with E-state index in [4.69, 9.17) is 17.4 Å². The number of carbonyl (C=O) groups excluding carboxylic acids is 1. The molecule has 0 unspecified atom stereocenters. The highest BCUT2D eigenvalue weighted by Crippen LogP contribution is 2.26. The van der Waals surface area contributed by atoms with Gasteiger partial charge in [0.2, 0.25) is 0 Å². The fraction of sp³-hybridized carbons (Fsp3) is 0.600. The number of nitrogens with zero attached hydrogens (tertiary/aromatic N) is 2. The van der Waals surface area contributed by atoms with Crippen molar-refractivity contribution in [1.29, 1.82) is 0 Å². The fourth-order valence-electron chi connectivity index (χ4n) is 2.87. The number of nitrogens with two attached hydrogens (primary N) is 1. The molecular weight excluding hydrogens is 288 g/mol. The van der Waals surface area contributed by atoms with Gasteiger partial charge in [0, 0.05) is 18.2 Å². The molecule has 1 heterocycles. The number of anilines is 1. The normalized spacial score (nSPS) is 15.5. The SMILES string of the molecule is CC(C)CN(C(=O)c1cc(Cl)nc(NN)c1)C1CCCC1. The lowest BCUT2D eigenvalue weighted by Gasteiger charge is -2.31. The summed E-state index contributed by atoms with van der Waals surface area (Å²) < 4.78 is 0. The largest absolute Gasteiger partial charge is 0.335 e. The summed E-state index contributed by atoms with van der Waals surface area (Å²) in [5, 5.41) is 0.268. The maximum absolute atomic E-state index is 12.9. The molecule has 1 aromatic rings. The highest BCUT2D eigenvalue weighted by molar-refractivity contribution is 6.29. The van der Waals surface area contributed by atoms with Crippen LogP contribution in [0.1, 0.15) is 49.9 Å². The maximum atomic E-state index is 12.9. The zero-order valence-electron chi connectivity index (χ0n) is 12.6. The quantitative estimate of drug-likeness (QED) is 0.498. The molecule has 6 heteroatoms. The Balaban J connectivity index is 2.26. The molecule has 0 atom stereocenters. The summed E-state index contributed by atoms with van der Waals surface area (Å²) in [6, 6.07) is 3.59. The smallest absolute Gasteiger partial charge is 0.254 e. The molecule has 0 radical (unpaired) electrons. The number of nitrogens with one attached hydrogen (secondary N) is 1. The summed E-state index contributed by atoms with van der Waals surface area (Å²) in [5.74, 6) is 6.22. The summed E-state index contributed by atoms with van der Waals surface area (Å²) in [7, 11) is 0. The van der Waals surface area contributed by atoms with E-state index in [-0.39, 0.29) is 11.1 Å². The van der Waals surface area contributed by atoms with E-state index in [1.54, 1.807) is 12.1 Å². The van der Waals surface area contributed by atoms with Crippen LogP contribution >= 0.6 is 11.6 Å². The molecular formula is C15H23ClN4O. The molecule has 5 nitrogen and oxygen atoms in total. The summed E-state index contributed by atoms with van der Waals surface area (Å²) >= 11 is 5.97. The molecule has 0 aliphatic heterocycles. The van der Waals surface area contributed by atoms with Crippen molar-refractivity contribution < 1.29 is 4.79 Å². The molecule has 3 N–H and O–H groups in total. The van der Waals surface area contributed by atoms with Gasteiger partial charge in [-0.2, -0.15) is 0 Å². The van der Waals surface area contributed by atoms with E-state index in [0.717, 1.165) is 19.4 Å². The van der Waals surface area contributed by atoms with E-state index in [0.29, 0.717) is 23.3 Å². The standard InChI is InChI=1S/C15H23ClN4O/c1-10(2)9-20(12-5-3-4-6-12)15(21)11-7-13(16)18-14(8-11)19-17/h7-8,10,12H,3-6,9,17H2,1-2H3,(H,18,19). The van der Waals surface area contributed by atoms with Crippen molar-refractivity contribution in [1.82, 2.24) is 9.88 Å². The lowest BCUT2D eigenvalue weighted by atomic mass is 10.1. The van der Waals surface area contributed by atoms with E-state index < -0.39 is 0 Å². The van der Waals surface area contributed by atoms with Gasteiger partial charge in [-0.25, -0.2) is 10.8 Å². The van der Waals surface area contributed by atoms with Crippen LogP contribution in [-0.2, 0) is 0 Å². The van der Waals surface area contributed by atoms with Gasteiger partial charge in [-0.15, -0.1) is 0 Å². The minimum absolute atomic E-state index is 0.0106. The monoisotopic (exact) mass is 310 g/mol. The van der Waals surface area contributed by atoms with Crippen molar-refractivity contribution >= 4 is 23.3 Å². The number of carbonyl (C=O) groups is 1. The van der Waals surface area contributed by atoms with Gasteiger partial charge in [-0.05, 0) is 30.9 Å². The highest BCUT2D eigenvalue weighted by Gasteiger charge is 2.28. The van der Waals surface area contributed by atoms with Crippen LogP contribution in [0.25, 0.3) is 0 Å². The first-order chi connectivity index (χ1) is 10.0. The van der Waals surface area contributed by atoms with E-state index in [2.05, 4.69) is 24.3 Å². The average molecular weight is 311 g/mol. The number of hydrogen-bond acceptors (Lipinski definition) is 4. The van der Waals surface area contributed by atoms with Gasteiger partial charge in [-0.3, -0.25) is 4.79 Å². The first kappa shape index (κ1) is 16.0. The molecule has 1 aliphatic rings. The van der Waals surface area contributed by atoms with E-state index in [1.807, 2.05) is 4.90 Å². The van der Waals surface area contributed by atoms with E-state index in [1.165, 1.54) is 12.8 Å². The maximum Gasteiger partial charge on any atom is 0.254 e. The Labute approximate surface area is 130 Å². The van der Waals surface area contributed by atoms with Crippen LogP contribution in [0.15, 0.2) is 12.1 Å². The minimum atomic E-state index is 0.0106. The fourth-order valence-corrected chi connectivity index (χ4v) is 3.08. The van der Waals surface area contributed by atoms with Crippen LogP contribution in [-0.4, -0.2) is 28.4 Å². The van der Waals surface area contributed by atoms with E-state index in [9.17, 15) is 4.79 Å². The number of halogens is 1. The molecule has 1 amide bonds. The minimum Gasteiger partial charge on any atom is -0.335 e. The van der Waals surface area contributed by atoms with Crippen LogP contribution in [0.5, 0.6) is 0 Å². The molecule has 21 heavy (non-hydrogen) atoms. The van der Waals surface area contributed by atoms with Crippen molar-refractivity contribution in [2.45, 2.75) is 45.6 Å². The number of amides is 1. The number of rotatable bonds is 5. The molecule has 1 saturated carbocycles. The number of nitrogen functional groups attached to an aromatic ring is 1. The molecule has 1 aromatic heterocycles. The van der Waals surface area contributed by atoms with Gasteiger partial charge in [-0.1, -0.05) is 38.3 Å². The van der Waals surface area contributed by atoms with Crippen molar-refractivity contribution in [2.75, 3.05) is 12.0 Å². The Kier molecular flexibility index (Phi) is 5.42. The van der Waals surface area contributed by atoms with Crippen molar-refractivity contribution in [3.63, 3.8) is 0 Å². The molecule has 116 valence electrons. The van der Waals surface area contributed by atoms with Crippen LogP contribution in [0.3, 0.4) is 0 Å². The second-order valence-electron chi connectivity index (χ2n) is 6.00. The lowest BCUT2D eigenvalue weighted by molar-refractivity contribution is 0.0655. The Morgan fingerprint density at radius 3 is 2.71 bits per heavy atom. The zero-order valence-corrected chi connectivity index (χ0v) is 13.4. The van der Waals surface area contributed by atoms with Crippen LogP contribution < -0.4 is 11.3 Å². The third kappa shape index (κ3) is 4.08. The van der Waals surface area contributed by atoms with Gasteiger partial charge in [0.25, 0.3) is 5.91 Å². The summed E-state index contributed by atoms with van der Waals surface area (Å²) in [6.07, 6.45) is 4.55. The summed E-state index contributed by atoms with van der Waals surface area (Å²) in [4.78, 5) is 18.9. The molecule has 1 aliphatic carbocycles. The third-order valence-electron chi connectivity index (χ3n) is 3.78. The Morgan fingerprint density at radius 2 is 2.14 bits per heavy atom. The molecule has 0 spiro atoms. The van der Waals surface area contributed by atoms with Gasteiger partial charge in [0.15, 0.2) is 0 Å². The number of hydrogen-bond donors (Lipinski definition) is 2. The van der Waals surface area contributed by atoms with Crippen molar-refractivity contribution in [3.8, 4) is 0 Å². The third-order valence-corrected chi connectivity index (χ3v) is 3.97. The molecule has 1 fully saturated rings. The van der Waals surface area contributed by atoms with E-state index >= 15 is 0 Å². The van der Waals surface area contributed by atoms with Gasteiger partial charge in [0.1, 0.15) is 11.0 Å². The van der Waals surface area contributed by atoms with Gasteiger partial charge < -0.3 is 10.3 Å². The first-order valence-electron chi connectivity index (χ1n) is 7.46.